The number of phenolic OH excluding ortho intramolecular Hbond substituents is 2. The number of allylic oxidation sites excluding steroid dienone is 2. The molecule has 0 saturated carbocycles. The number of phenols is 2. The Bertz CT molecular complexity index is 451. The predicted molar refractivity (Wildman–Crippen MR) is 104 cm³/mol. The fourth-order valence-electron chi connectivity index (χ4n) is 2.99. The van der Waals surface area contributed by atoms with Crippen LogP contribution < -0.4 is 0 Å². The number of hydrogen-bond acceptors (Lipinski definition) is 2. The van der Waals surface area contributed by atoms with Gasteiger partial charge < -0.3 is 10.2 Å². The van der Waals surface area contributed by atoms with Gasteiger partial charge in [-0.1, -0.05) is 76.2 Å². The van der Waals surface area contributed by atoms with Gasteiger partial charge >= 0.3 is 0 Å². The maximum atomic E-state index is 9.74. The number of aryl methyl sites for hydroxylation is 1. The number of para-hydroxylation sites is 1. The first kappa shape index (κ1) is 20.6. The Morgan fingerprint density at radius 1 is 0.750 bits per heavy atom. The van der Waals surface area contributed by atoms with Gasteiger partial charge in [-0.3, -0.25) is 0 Å². The van der Waals surface area contributed by atoms with Gasteiger partial charge in [0, 0.05) is 0 Å². The predicted octanol–water partition coefficient (Wildman–Crippen LogP) is 6.90. The van der Waals surface area contributed by atoms with Crippen molar-refractivity contribution in [3.05, 3.63) is 35.9 Å². The molecule has 0 aliphatic heterocycles. The molecule has 24 heavy (non-hydrogen) atoms. The van der Waals surface area contributed by atoms with Crippen LogP contribution >= 0.6 is 0 Å². The lowest BCUT2D eigenvalue weighted by Gasteiger charge is -2.06. The summed E-state index contributed by atoms with van der Waals surface area (Å²) in [5.41, 5.74) is 0.860. The van der Waals surface area contributed by atoms with Crippen molar-refractivity contribution in [1.82, 2.24) is 0 Å². The minimum atomic E-state index is -0.00841. The first-order valence-corrected chi connectivity index (χ1v) is 9.90. The van der Waals surface area contributed by atoms with Gasteiger partial charge in [0.15, 0.2) is 11.5 Å². The average molecular weight is 333 g/mol. The van der Waals surface area contributed by atoms with Crippen LogP contribution in [0, 0.1) is 0 Å². The Morgan fingerprint density at radius 3 is 2.00 bits per heavy atom. The van der Waals surface area contributed by atoms with E-state index in [-0.39, 0.29) is 11.5 Å². The van der Waals surface area contributed by atoms with E-state index in [2.05, 4.69) is 19.1 Å². The third-order valence-electron chi connectivity index (χ3n) is 4.56. The monoisotopic (exact) mass is 332 g/mol. The standard InChI is InChI=1S/C22H36O2/c1-2-3-4-5-6-7-8-9-10-11-12-13-14-15-17-20-18-16-19-21(23)22(20)24/h7-8,16,18-19,23-24H,2-6,9-15,17H2,1H3/b8-7-. The molecule has 0 spiro atoms. The van der Waals surface area contributed by atoms with E-state index in [1.165, 1.54) is 76.7 Å². The van der Waals surface area contributed by atoms with E-state index in [0.717, 1.165) is 18.4 Å². The van der Waals surface area contributed by atoms with Gasteiger partial charge in [0.05, 0.1) is 0 Å². The summed E-state index contributed by atoms with van der Waals surface area (Å²) < 4.78 is 0. The van der Waals surface area contributed by atoms with Gasteiger partial charge in [0.25, 0.3) is 0 Å². The first-order chi connectivity index (χ1) is 11.8. The summed E-state index contributed by atoms with van der Waals surface area (Å²) in [6.07, 6.45) is 20.9. The highest BCUT2D eigenvalue weighted by Crippen LogP contribution is 2.29. The van der Waals surface area contributed by atoms with Crippen LogP contribution in [0.2, 0.25) is 0 Å². The Balaban J connectivity index is 1.90. The fraction of sp³-hybridized carbons (Fsp3) is 0.636. The zero-order chi connectivity index (χ0) is 17.5. The highest BCUT2D eigenvalue weighted by molar-refractivity contribution is 5.44. The van der Waals surface area contributed by atoms with Crippen molar-refractivity contribution in [2.75, 3.05) is 0 Å². The fourth-order valence-corrected chi connectivity index (χ4v) is 2.99. The summed E-state index contributed by atoms with van der Waals surface area (Å²) in [5, 5.41) is 19.2. The molecule has 0 fully saturated rings. The molecule has 0 bridgehead atoms. The zero-order valence-electron chi connectivity index (χ0n) is 15.5. The molecule has 0 aliphatic carbocycles. The molecule has 0 atom stereocenters. The third kappa shape index (κ3) is 9.64. The number of benzene rings is 1. The van der Waals surface area contributed by atoms with Gasteiger partial charge in [-0.2, -0.15) is 0 Å². The molecule has 2 nitrogen and oxygen atoms in total. The van der Waals surface area contributed by atoms with Crippen molar-refractivity contribution in [2.45, 2.75) is 90.4 Å². The molecule has 1 rings (SSSR count). The van der Waals surface area contributed by atoms with Gasteiger partial charge in [0.1, 0.15) is 0 Å². The normalized spacial score (nSPS) is 11.4. The lowest BCUT2D eigenvalue weighted by atomic mass is 10.0. The molecule has 1 aromatic rings. The number of unbranched alkanes of at least 4 members (excludes halogenated alkanes) is 10. The van der Waals surface area contributed by atoms with Crippen molar-refractivity contribution < 1.29 is 10.2 Å². The summed E-state index contributed by atoms with van der Waals surface area (Å²) in [5.74, 6) is 0.0462. The second-order valence-corrected chi connectivity index (χ2v) is 6.77. The Hall–Kier alpha value is -1.44. The third-order valence-corrected chi connectivity index (χ3v) is 4.56. The lowest BCUT2D eigenvalue weighted by molar-refractivity contribution is 0.398. The summed E-state index contributed by atoms with van der Waals surface area (Å²) in [7, 11) is 0. The van der Waals surface area contributed by atoms with Gasteiger partial charge in [-0.25, -0.2) is 0 Å². The van der Waals surface area contributed by atoms with Crippen LogP contribution in [-0.2, 0) is 6.42 Å². The van der Waals surface area contributed by atoms with Gasteiger partial charge in [0.2, 0.25) is 0 Å². The highest BCUT2D eigenvalue weighted by atomic mass is 16.3. The molecule has 0 aliphatic rings. The first-order valence-electron chi connectivity index (χ1n) is 9.90. The molecule has 0 heterocycles. The van der Waals surface area contributed by atoms with E-state index in [9.17, 15) is 10.2 Å². The maximum absolute atomic E-state index is 9.74. The minimum Gasteiger partial charge on any atom is -0.504 e. The van der Waals surface area contributed by atoms with E-state index in [0.29, 0.717) is 0 Å². The number of aromatic hydroxyl groups is 2. The summed E-state index contributed by atoms with van der Waals surface area (Å²) in [6, 6.07) is 5.21. The van der Waals surface area contributed by atoms with Crippen LogP contribution in [-0.4, -0.2) is 10.2 Å². The molecular formula is C22H36O2. The second-order valence-electron chi connectivity index (χ2n) is 6.77. The Labute approximate surface area is 148 Å². The van der Waals surface area contributed by atoms with Crippen molar-refractivity contribution >= 4 is 0 Å². The number of hydrogen-bond donors (Lipinski definition) is 2. The van der Waals surface area contributed by atoms with E-state index in [1.54, 1.807) is 6.07 Å². The largest absolute Gasteiger partial charge is 0.504 e. The maximum Gasteiger partial charge on any atom is 0.160 e. The SMILES string of the molecule is CCCCCC/C=C\CCCCCCCCc1cccc(O)c1O. The van der Waals surface area contributed by atoms with Crippen molar-refractivity contribution in [1.29, 1.82) is 0 Å². The van der Waals surface area contributed by atoms with Crippen molar-refractivity contribution in [2.24, 2.45) is 0 Å². The smallest absolute Gasteiger partial charge is 0.160 e. The summed E-state index contributed by atoms with van der Waals surface area (Å²) >= 11 is 0. The molecule has 0 radical (unpaired) electrons. The van der Waals surface area contributed by atoms with Crippen LogP contribution in [0.4, 0.5) is 0 Å². The van der Waals surface area contributed by atoms with E-state index in [1.807, 2.05) is 6.07 Å². The molecular weight excluding hydrogens is 296 g/mol. The molecule has 0 amide bonds. The molecule has 0 aromatic heterocycles. The quantitative estimate of drug-likeness (QED) is 0.221. The van der Waals surface area contributed by atoms with Gasteiger partial charge in [-0.05, 0) is 50.2 Å². The Kier molecular flexibility index (Phi) is 12.0. The van der Waals surface area contributed by atoms with Crippen LogP contribution in [0.3, 0.4) is 0 Å². The van der Waals surface area contributed by atoms with E-state index in [4.69, 9.17) is 0 Å². The second kappa shape index (κ2) is 13.9. The van der Waals surface area contributed by atoms with Crippen LogP contribution in [0.5, 0.6) is 11.5 Å². The van der Waals surface area contributed by atoms with Crippen molar-refractivity contribution in [3.63, 3.8) is 0 Å². The molecule has 1 aromatic carbocycles. The molecule has 136 valence electrons. The molecule has 2 N–H and O–H groups in total. The Morgan fingerprint density at radius 2 is 1.33 bits per heavy atom. The lowest BCUT2D eigenvalue weighted by Crippen LogP contribution is -1.87. The van der Waals surface area contributed by atoms with Crippen molar-refractivity contribution in [3.8, 4) is 11.5 Å². The molecule has 0 saturated heterocycles. The zero-order valence-corrected chi connectivity index (χ0v) is 15.5. The van der Waals surface area contributed by atoms with E-state index < -0.39 is 0 Å². The molecule has 0 unspecified atom stereocenters. The minimum absolute atomic E-state index is 0.00841. The van der Waals surface area contributed by atoms with Crippen LogP contribution in [0.1, 0.15) is 89.5 Å². The van der Waals surface area contributed by atoms with E-state index >= 15 is 0 Å². The molecule has 2 heteroatoms. The van der Waals surface area contributed by atoms with Gasteiger partial charge in [-0.15, -0.1) is 0 Å². The summed E-state index contributed by atoms with van der Waals surface area (Å²) in [4.78, 5) is 0. The summed E-state index contributed by atoms with van der Waals surface area (Å²) in [6.45, 7) is 2.26. The van der Waals surface area contributed by atoms with Crippen LogP contribution in [0.15, 0.2) is 30.4 Å². The number of rotatable bonds is 14. The highest BCUT2D eigenvalue weighted by Gasteiger charge is 2.04. The average Bonchev–Trinajstić information content (AvgIpc) is 2.58. The topological polar surface area (TPSA) is 40.5 Å². The van der Waals surface area contributed by atoms with Crippen LogP contribution in [0.25, 0.3) is 0 Å².